The molecule has 0 N–H and O–H groups in total. The summed E-state index contributed by atoms with van der Waals surface area (Å²) < 4.78 is 18.7. The number of benzene rings is 2. The maximum Gasteiger partial charge on any atom is 0.203 e. The van der Waals surface area contributed by atoms with Crippen molar-refractivity contribution >= 4 is 11.9 Å². The highest BCUT2D eigenvalue weighted by molar-refractivity contribution is 6.05. The Hall–Kier alpha value is -3.54. The van der Waals surface area contributed by atoms with Gasteiger partial charge < -0.3 is 14.2 Å². The lowest BCUT2D eigenvalue weighted by Crippen LogP contribution is -2.07. The molecule has 0 unspecified atom stereocenters. The number of ketones is 1. The van der Waals surface area contributed by atoms with Gasteiger partial charge in [-0.15, -0.1) is 0 Å². The molecule has 1 aromatic heterocycles. The standard InChI is InChI=1S/C24H26N2O4/c1-4-26-20(14-15-25-26)21(27)12-10-18-11-13-22(28-3)19(16-18)17-30-24-9-7-6-8-23(24)29-5-2/h6-16H,4-5,17H2,1-3H3/b12-10+. The lowest BCUT2D eigenvalue weighted by molar-refractivity contribution is 0.103. The first-order valence-corrected chi connectivity index (χ1v) is 9.92. The van der Waals surface area contributed by atoms with Gasteiger partial charge in [-0.25, -0.2) is 0 Å². The van der Waals surface area contributed by atoms with Crippen LogP contribution in [0.3, 0.4) is 0 Å². The quantitative estimate of drug-likeness (QED) is 0.358. The van der Waals surface area contributed by atoms with Crippen LogP contribution < -0.4 is 14.2 Å². The van der Waals surface area contributed by atoms with Crippen LogP contribution >= 0.6 is 0 Å². The average molecular weight is 406 g/mol. The number of carbonyl (C=O) groups is 1. The number of rotatable bonds is 10. The molecule has 156 valence electrons. The van der Waals surface area contributed by atoms with Crippen LogP contribution in [0.2, 0.25) is 0 Å². The molecule has 0 spiro atoms. The zero-order valence-electron chi connectivity index (χ0n) is 17.5. The van der Waals surface area contributed by atoms with Crippen LogP contribution in [0.1, 0.15) is 35.5 Å². The fraction of sp³-hybridized carbons (Fsp3) is 0.250. The topological polar surface area (TPSA) is 62.6 Å². The van der Waals surface area contributed by atoms with Crippen LogP contribution in [0.5, 0.6) is 17.2 Å². The smallest absolute Gasteiger partial charge is 0.203 e. The van der Waals surface area contributed by atoms with Crippen molar-refractivity contribution in [3.8, 4) is 17.2 Å². The number of hydrogen-bond acceptors (Lipinski definition) is 5. The number of para-hydroxylation sites is 2. The molecule has 0 atom stereocenters. The molecule has 0 aliphatic carbocycles. The third-order valence-corrected chi connectivity index (χ3v) is 4.53. The number of nitrogens with zero attached hydrogens (tertiary/aromatic N) is 2. The Kier molecular flexibility index (Phi) is 7.27. The highest BCUT2D eigenvalue weighted by Gasteiger charge is 2.10. The minimum absolute atomic E-state index is 0.0893. The molecule has 0 bridgehead atoms. The second-order valence-electron chi connectivity index (χ2n) is 6.47. The van der Waals surface area contributed by atoms with E-state index >= 15 is 0 Å². The number of hydrogen-bond donors (Lipinski definition) is 0. The van der Waals surface area contributed by atoms with Crippen molar-refractivity contribution < 1.29 is 19.0 Å². The van der Waals surface area contributed by atoms with Gasteiger partial charge in [0.2, 0.25) is 5.78 Å². The zero-order chi connectivity index (χ0) is 21.3. The van der Waals surface area contributed by atoms with Gasteiger partial charge in [0.15, 0.2) is 11.5 Å². The van der Waals surface area contributed by atoms with Crippen LogP contribution in [0.4, 0.5) is 0 Å². The molecule has 0 radical (unpaired) electrons. The number of allylic oxidation sites excluding steroid dienone is 1. The molecule has 0 saturated carbocycles. The number of methoxy groups -OCH3 is 1. The Morgan fingerprint density at radius 1 is 1.03 bits per heavy atom. The number of aryl methyl sites for hydroxylation is 1. The average Bonchev–Trinajstić information content (AvgIpc) is 3.26. The third kappa shape index (κ3) is 5.08. The van der Waals surface area contributed by atoms with Gasteiger partial charge in [0, 0.05) is 18.3 Å². The predicted octanol–water partition coefficient (Wildman–Crippen LogP) is 4.79. The summed E-state index contributed by atoms with van der Waals surface area (Å²) in [6.45, 7) is 5.41. The highest BCUT2D eigenvalue weighted by Crippen LogP contribution is 2.29. The molecule has 3 rings (SSSR count). The largest absolute Gasteiger partial charge is 0.496 e. The van der Waals surface area contributed by atoms with Gasteiger partial charge >= 0.3 is 0 Å². The summed E-state index contributed by atoms with van der Waals surface area (Å²) >= 11 is 0. The molecule has 0 saturated heterocycles. The van der Waals surface area contributed by atoms with Gasteiger partial charge in [0.05, 0.1) is 13.7 Å². The van der Waals surface area contributed by atoms with Crippen LogP contribution in [0.25, 0.3) is 6.08 Å². The van der Waals surface area contributed by atoms with Crippen LogP contribution in [-0.2, 0) is 13.2 Å². The number of ether oxygens (including phenoxy) is 3. The van der Waals surface area contributed by atoms with Crippen molar-refractivity contribution in [2.45, 2.75) is 27.0 Å². The third-order valence-electron chi connectivity index (χ3n) is 4.53. The van der Waals surface area contributed by atoms with E-state index in [1.54, 1.807) is 36.2 Å². The Morgan fingerprint density at radius 2 is 1.80 bits per heavy atom. The van der Waals surface area contributed by atoms with E-state index in [0.717, 1.165) is 16.9 Å². The molecule has 0 aliphatic heterocycles. The molecule has 2 aromatic carbocycles. The van der Waals surface area contributed by atoms with Crippen molar-refractivity contribution in [1.29, 1.82) is 0 Å². The minimum Gasteiger partial charge on any atom is -0.496 e. The lowest BCUT2D eigenvalue weighted by atomic mass is 10.1. The zero-order valence-corrected chi connectivity index (χ0v) is 17.5. The molecule has 3 aromatic rings. The van der Waals surface area contributed by atoms with E-state index in [-0.39, 0.29) is 5.78 Å². The predicted molar refractivity (Wildman–Crippen MR) is 116 cm³/mol. The monoisotopic (exact) mass is 406 g/mol. The van der Waals surface area contributed by atoms with E-state index < -0.39 is 0 Å². The summed E-state index contributed by atoms with van der Waals surface area (Å²) in [5.41, 5.74) is 2.32. The maximum absolute atomic E-state index is 12.5. The normalized spacial score (nSPS) is 10.9. The Bertz CT molecular complexity index is 1020. The first-order chi connectivity index (χ1) is 14.7. The summed E-state index contributed by atoms with van der Waals surface area (Å²) in [6.07, 6.45) is 4.97. The summed E-state index contributed by atoms with van der Waals surface area (Å²) in [7, 11) is 1.62. The van der Waals surface area contributed by atoms with Crippen LogP contribution in [0.15, 0.2) is 60.8 Å². The fourth-order valence-corrected chi connectivity index (χ4v) is 3.07. The lowest BCUT2D eigenvalue weighted by Gasteiger charge is -2.14. The summed E-state index contributed by atoms with van der Waals surface area (Å²) in [4.78, 5) is 12.5. The molecule has 0 aliphatic rings. The number of aromatic nitrogens is 2. The SMILES string of the molecule is CCOc1ccccc1OCc1cc(/C=C/C(=O)c2ccnn2CC)ccc1OC. The van der Waals surface area contributed by atoms with E-state index in [9.17, 15) is 4.79 Å². The maximum atomic E-state index is 12.5. The Balaban J connectivity index is 1.76. The van der Waals surface area contributed by atoms with E-state index in [0.29, 0.717) is 37.0 Å². The van der Waals surface area contributed by atoms with E-state index in [4.69, 9.17) is 14.2 Å². The van der Waals surface area contributed by atoms with Gasteiger partial charge in [0.1, 0.15) is 18.1 Å². The van der Waals surface area contributed by atoms with Gasteiger partial charge in [0.25, 0.3) is 0 Å². The second-order valence-corrected chi connectivity index (χ2v) is 6.47. The Labute approximate surface area is 176 Å². The van der Waals surface area contributed by atoms with Gasteiger partial charge in [-0.3, -0.25) is 9.48 Å². The molecular weight excluding hydrogens is 380 g/mol. The Morgan fingerprint density at radius 3 is 2.50 bits per heavy atom. The molecule has 0 fully saturated rings. The van der Waals surface area contributed by atoms with Gasteiger partial charge in [-0.2, -0.15) is 5.10 Å². The molecule has 6 heteroatoms. The molecular formula is C24H26N2O4. The minimum atomic E-state index is -0.0893. The van der Waals surface area contributed by atoms with Gasteiger partial charge in [-0.1, -0.05) is 24.3 Å². The van der Waals surface area contributed by atoms with Crippen LogP contribution in [-0.4, -0.2) is 29.3 Å². The summed E-state index contributed by atoms with van der Waals surface area (Å²) in [5, 5.41) is 4.14. The first-order valence-electron chi connectivity index (χ1n) is 9.92. The van der Waals surface area contributed by atoms with Crippen molar-refractivity contribution in [1.82, 2.24) is 9.78 Å². The fourth-order valence-electron chi connectivity index (χ4n) is 3.07. The molecule has 1 heterocycles. The van der Waals surface area contributed by atoms with Crippen LogP contribution in [0, 0.1) is 0 Å². The van der Waals surface area contributed by atoms with Crippen molar-refractivity contribution in [3.05, 3.63) is 77.6 Å². The van der Waals surface area contributed by atoms with E-state index in [1.807, 2.05) is 56.3 Å². The highest BCUT2D eigenvalue weighted by atomic mass is 16.5. The number of carbonyl (C=O) groups excluding carboxylic acids is 1. The van der Waals surface area contributed by atoms with Crippen molar-refractivity contribution in [2.75, 3.05) is 13.7 Å². The van der Waals surface area contributed by atoms with E-state index in [2.05, 4.69) is 5.10 Å². The van der Waals surface area contributed by atoms with E-state index in [1.165, 1.54) is 0 Å². The molecule has 0 amide bonds. The molecule has 30 heavy (non-hydrogen) atoms. The van der Waals surface area contributed by atoms with Crippen molar-refractivity contribution in [3.63, 3.8) is 0 Å². The second kappa shape index (κ2) is 10.3. The first kappa shape index (κ1) is 21.2. The summed E-state index contributed by atoms with van der Waals surface area (Å²) in [6, 6.07) is 15.0. The summed E-state index contributed by atoms with van der Waals surface area (Å²) in [5.74, 6) is 2.00. The van der Waals surface area contributed by atoms with Crippen molar-refractivity contribution in [2.24, 2.45) is 0 Å². The van der Waals surface area contributed by atoms with Gasteiger partial charge in [-0.05, 0) is 55.8 Å². The molecule has 6 nitrogen and oxygen atoms in total.